The van der Waals surface area contributed by atoms with E-state index in [-0.39, 0.29) is 11.7 Å². The number of aromatic carboxylic acids is 1. The van der Waals surface area contributed by atoms with Crippen LogP contribution in [-0.2, 0) is 0 Å². The molecule has 100 valence electrons. The van der Waals surface area contributed by atoms with Gasteiger partial charge in [-0.1, -0.05) is 23.8 Å². The molecule has 1 heterocycles. The Labute approximate surface area is 112 Å². The third-order valence-electron chi connectivity index (χ3n) is 3.10. The van der Waals surface area contributed by atoms with Crippen molar-refractivity contribution in [2.45, 2.75) is 33.7 Å². The lowest BCUT2D eigenvalue weighted by atomic mass is 10.0. The van der Waals surface area contributed by atoms with Gasteiger partial charge in [-0.25, -0.2) is 4.79 Å². The van der Waals surface area contributed by atoms with Crippen LogP contribution in [0.1, 0.15) is 41.5 Å². The average molecular weight is 258 g/mol. The van der Waals surface area contributed by atoms with E-state index in [4.69, 9.17) is 5.11 Å². The fourth-order valence-electron chi connectivity index (χ4n) is 2.19. The maximum atomic E-state index is 11.1. The number of benzene rings is 1. The van der Waals surface area contributed by atoms with Crippen LogP contribution in [0.3, 0.4) is 0 Å². The molecule has 0 saturated heterocycles. The van der Waals surface area contributed by atoms with Gasteiger partial charge in [0.1, 0.15) is 0 Å². The Kier molecular flexibility index (Phi) is 3.42. The van der Waals surface area contributed by atoms with Crippen molar-refractivity contribution in [2.75, 3.05) is 0 Å². The molecule has 19 heavy (non-hydrogen) atoms. The summed E-state index contributed by atoms with van der Waals surface area (Å²) in [6, 6.07) is 7.89. The Morgan fingerprint density at radius 2 is 1.95 bits per heavy atom. The molecule has 0 unspecified atom stereocenters. The maximum absolute atomic E-state index is 11.1. The Morgan fingerprint density at radius 1 is 1.26 bits per heavy atom. The number of carboxylic acid groups (broad SMARTS) is 1. The second-order valence-electron chi connectivity index (χ2n) is 5.08. The van der Waals surface area contributed by atoms with Crippen molar-refractivity contribution >= 4 is 5.97 Å². The fourth-order valence-corrected chi connectivity index (χ4v) is 2.19. The molecule has 0 spiro atoms. The minimum absolute atomic E-state index is 0.0867. The Bertz CT molecular complexity index is 627. The quantitative estimate of drug-likeness (QED) is 0.917. The van der Waals surface area contributed by atoms with Crippen molar-refractivity contribution in [3.63, 3.8) is 0 Å². The molecule has 0 radical (unpaired) electrons. The van der Waals surface area contributed by atoms with Crippen LogP contribution in [0.15, 0.2) is 24.3 Å². The number of carboxylic acids is 1. The Morgan fingerprint density at radius 3 is 2.47 bits per heavy atom. The first-order chi connectivity index (χ1) is 8.90. The van der Waals surface area contributed by atoms with Crippen LogP contribution in [-0.4, -0.2) is 20.9 Å². The molecule has 0 aliphatic rings. The summed E-state index contributed by atoms with van der Waals surface area (Å²) in [5, 5.41) is 13.3. The Hall–Kier alpha value is -2.10. The predicted molar refractivity (Wildman–Crippen MR) is 74.5 cm³/mol. The van der Waals surface area contributed by atoms with Gasteiger partial charge in [-0.2, -0.15) is 5.10 Å². The first kappa shape index (κ1) is 13.3. The number of aromatic nitrogens is 2. The normalized spacial score (nSPS) is 11.0. The second kappa shape index (κ2) is 4.88. The minimum Gasteiger partial charge on any atom is -0.476 e. The number of nitrogens with zero attached hydrogens (tertiary/aromatic N) is 2. The minimum atomic E-state index is -0.995. The standard InChI is InChI=1S/C15H18N2O2/c1-9(2)17-14(8-13(16-17)15(18)19)12-6-5-10(3)7-11(12)4/h5-9H,1-4H3,(H,18,19). The predicted octanol–water partition coefficient (Wildman–Crippen LogP) is 3.45. The van der Waals surface area contributed by atoms with Gasteiger partial charge in [-0.3, -0.25) is 4.68 Å². The van der Waals surface area contributed by atoms with E-state index in [1.165, 1.54) is 5.56 Å². The number of aryl methyl sites for hydroxylation is 2. The van der Waals surface area contributed by atoms with Gasteiger partial charge in [0.05, 0.1) is 5.69 Å². The maximum Gasteiger partial charge on any atom is 0.356 e. The highest BCUT2D eigenvalue weighted by molar-refractivity contribution is 5.87. The molecule has 1 N–H and O–H groups in total. The molecule has 0 aliphatic heterocycles. The average Bonchev–Trinajstić information content (AvgIpc) is 2.73. The first-order valence-electron chi connectivity index (χ1n) is 6.30. The molecule has 0 bridgehead atoms. The van der Waals surface area contributed by atoms with Gasteiger partial charge in [-0.05, 0) is 39.3 Å². The molecular formula is C15H18N2O2. The van der Waals surface area contributed by atoms with E-state index in [1.807, 2.05) is 39.8 Å². The lowest BCUT2D eigenvalue weighted by molar-refractivity contribution is 0.0689. The van der Waals surface area contributed by atoms with Gasteiger partial charge in [0.2, 0.25) is 0 Å². The van der Waals surface area contributed by atoms with Crippen molar-refractivity contribution in [3.8, 4) is 11.3 Å². The van der Waals surface area contributed by atoms with E-state index in [9.17, 15) is 4.79 Å². The summed E-state index contributed by atoms with van der Waals surface area (Å²) in [6.45, 7) is 8.05. The molecule has 2 rings (SSSR count). The molecule has 1 aromatic carbocycles. The monoisotopic (exact) mass is 258 g/mol. The van der Waals surface area contributed by atoms with Crippen LogP contribution < -0.4 is 0 Å². The van der Waals surface area contributed by atoms with Crippen molar-refractivity contribution in [3.05, 3.63) is 41.1 Å². The molecule has 0 atom stereocenters. The van der Waals surface area contributed by atoms with Gasteiger partial charge in [0.25, 0.3) is 0 Å². The summed E-state index contributed by atoms with van der Waals surface area (Å²) in [6.07, 6.45) is 0. The van der Waals surface area contributed by atoms with Crippen LogP contribution in [0.2, 0.25) is 0 Å². The van der Waals surface area contributed by atoms with Crippen LogP contribution in [0.25, 0.3) is 11.3 Å². The Balaban J connectivity index is 2.63. The summed E-state index contributed by atoms with van der Waals surface area (Å²) < 4.78 is 1.76. The number of rotatable bonds is 3. The van der Waals surface area contributed by atoms with Gasteiger partial charge >= 0.3 is 5.97 Å². The van der Waals surface area contributed by atoms with E-state index in [0.29, 0.717) is 0 Å². The molecule has 0 aliphatic carbocycles. The molecule has 4 heteroatoms. The van der Waals surface area contributed by atoms with Gasteiger partial charge in [0.15, 0.2) is 5.69 Å². The molecule has 0 saturated carbocycles. The first-order valence-corrected chi connectivity index (χ1v) is 6.30. The summed E-state index contributed by atoms with van der Waals surface area (Å²) in [7, 11) is 0. The molecule has 0 amide bonds. The highest BCUT2D eigenvalue weighted by Gasteiger charge is 2.17. The van der Waals surface area contributed by atoms with Gasteiger partial charge < -0.3 is 5.11 Å². The summed E-state index contributed by atoms with van der Waals surface area (Å²) in [5.41, 5.74) is 4.28. The lowest BCUT2D eigenvalue weighted by Gasteiger charge is -2.13. The zero-order chi connectivity index (χ0) is 14.2. The summed E-state index contributed by atoms with van der Waals surface area (Å²) in [5.74, 6) is -0.995. The zero-order valence-corrected chi connectivity index (χ0v) is 11.6. The third kappa shape index (κ3) is 2.52. The van der Waals surface area contributed by atoms with Gasteiger partial charge in [-0.15, -0.1) is 0 Å². The fraction of sp³-hybridized carbons (Fsp3) is 0.333. The smallest absolute Gasteiger partial charge is 0.356 e. The van der Waals surface area contributed by atoms with Crippen LogP contribution in [0, 0.1) is 13.8 Å². The highest BCUT2D eigenvalue weighted by Crippen LogP contribution is 2.27. The molecule has 2 aromatic rings. The van der Waals surface area contributed by atoms with Crippen molar-refractivity contribution in [2.24, 2.45) is 0 Å². The number of carbonyl (C=O) groups is 1. The molecule has 4 nitrogen and oxygen atoms in total. The van der Waals surface area contributed by atoms with Crippen molar-refractivity contribution in [1.29, 1.82) is 0 Å². The van der Waals surface area contributed by atoms with E-state index in [2.05, 4.69) is 11.2 Å². The van der Waals surface area contributed by atoms with E-state index < -0.39 is 5.97 Å². The van der Waals surface area contributed by atoms with Crippen LogP contribution in [0.5, 0.6) is 0 Å². The SMILES string of the molecule is Cc1ccc(-c2cc(C(=O)O)nn2C(C)C)c(C)c1. The summed E-state index contributed by atoms with van der Waals surface area (Å²) in [4.78, 5) is 11.1. The van der Waals surface area contributed by atoms with Crippen LogP contribution >= 0.6 is 0 Å². The van der Waals surface area contributed by atoms with Gasteiger partial charge in [0, 0.05) is 11.6 Å². The molecule has 1 aromatic heterocycles. The number of hydrogen-bond donors (Lipinski definition) is 1. The molecular weight excluding hydrogens is 240 g/mol. The van der Waals surface area contributed by atoms with Crippen LogP contribution in [0.4, 0.5) is 0 Å². The molecule has 0 fully saturated rings. The zero-order valence-electron chi connectivity index (χ0n) is 11.6. The topological polar surface area (TPSA) is 55.1 Å². The lowest BCUT2D eigenvalue weighted by Crippen LogP contribution is -2.07. The second-order valence-corrected chi connectivity index (χ2v) is 5.08. The highest BCUT2D eigenvalue weighted by atomic mass is 16.4. The number of hydrogen-bond acceptors (Lipinski definition) is 2. The van der Waals surface area contributed by atoms with E-state index in [1.54, 1.807) is 10.7 Å². The van der Waals surface area contributed by atoms with Crippen molar-refractivity contribution < 1.29 is 9.90 Å². The summed E-state index contributed by atoms with van der Waals surface area (Å²) >= 11 is 0. The van der Waals surface area contributed by atoms with E-state index >= 15 is 0 Å². The van der Waals surface area contributed by atoms with Crippen molar-refractivity contribution in [1.82, 2.24) is 9.78 Å². The van der Waals surface area contributed by atoms with E-state index in [0.717, 1.165) is 16.8 Å². The third-order valence-corrected chi connectivity index (χ3v) is 3.10. The largest absolute Gasteiger partial charge is 0.476 e.